The molecule has 6 atom stereocenters. The predicted molar refractivity (Wildman–Crippen MR) is 182 cm³/mol. The van der Waals surface area contributed by atoms with Gasteiger partial charge in [-0.15, -0.1) is 0 Å². The summed E-state index contributed by atoms with van der Waals surface area (Å²) in [5.41, 5.74) is 4.65. The van der Waals surface area contributed by atoms with Crippen molar-refractivity contribution in [1.29, 1.82) is 0 Å². The first-order chi connectivity index (χ1) is 25.3. The minimum absolute atomic E-state index is 0.0114. The zero-order valence-electron chi connectivity index (χ0n) is 29.3. The lowest BCUT2D eigenvalue weighted by Crippen LogP contribution is -2.63. The number of carboxylic acid groups (broad SMARTS) is 1. The lowest BCUT2D eigenvalue weighted by atomic mass is 9.98. The Morgan fingerprint density at radius 1 is 0.679 bits per heavy atom. The van der Waals surface area contributed by atoms with Gasteiger partial charge in [0.25, 0.3) is 0 Å². The van der Waals surface area contributed by atoms with Crippen LogP contribution in [0.4, 0.5) is 4.79 Å². The van der Waals surface area contributed by atoms with Crippen LogP contribution in [0.2, 0.25) is 0 Å². The number of aliphatic carboxylic acids is 1. The van der Waals surface area contributed by atoms with Crippen LogP contribution in [0.3, 0.4) is 0 Å². The molecule has 1 aliphatic heterocycles. The second-order valence-electron chi connectivity index (χ2n) is 12.4. The van der Waals surface area contributed by atoms with Crippen LogP contribution in [0.15, 0.2) is 72.8 Å². The first-order valence-corrected chi connectivity index (χ1v) is 16.7. The van der Waals surface area contributed by atoms with Gasteiger partial charge < -0.3 is 43.6 Å². The number of nitrogens with one attached hydrogen (secondary N) is 1. The Hall–Kier alpha value is -5.96. The third-order valence-corrected chi connectivity index (χ3v) is 8.50. The van der Waals surface area contributed by atoms with E-state index in [1.54, 1.807) is 12.1 Å². The normalized spacial score (nSPS) is 20.8. The number of fused-ring (bicyclic) bond motifs is 3. The summed E-state index contributed by atoms with van der Waals surface area (Å²) in [7, 11) is 0. The summed E-state index contributed by atoms with van der Waals surface area (Å²) in [5.74, 6) is -4.34. The molecule has 1 fully saturated rings. The molecule has 0 spiro atoms. The van der Waals surface area contributed by atoms with Crippen molar-refractivity contribution in [2.45, 2.75) is 76.8 Å². The lowest BCUT2D eigenvalue weighted by molar-refractivity contribution is -0.288. The SMILES string of the molecule is CC(=O)OC[C@@H]1O[C@@H](Oc2ccc(C[C@H](NC(=O)OCC3c4ccccc4-c4ccccc43)C(=O)O)cc2)[C@@H](OC(C)=O)[C@H](OC(C)=O)[C@@H]1OC(C)=O. The topological polar surface area (TPSA) is 199 Å². The molecule has 0 radical (unpaired) electrons. The van der Waals surface area contributed by atoms with Crippen LogP contribution in [0.1, 0.15) is 50.3 Å². The maximum absolute atomic E-state index is 12.8. The lowest BCUT2D eigenvalue weighted by Gasteiger charge is -2.43. The first-order valence-electron chi connectivity index (χ1n) is 16.7. The average molecular weight is 734 g/mol. The molecule has 0 aromatic heterocycles. The predicted octanol–water partition coefficient (Wildman–Crippen LogP) is 3.68. The van der Waals surface area contributed by atoms with E-state index < -0.39 is 79.3 Å². The summed E-state index contributed by atoms with van der Waals surface area (Å²) in [6, 6.07) is 20.4. The maximum atomic E-state index is 12.8. The highest BCUT2D eigenvalue weighted by molar-refractivity contribution is 5.81. The Bertz CT molecular complexity index is 1800. The molecule has 1 amide bonds. The highest BCUT2D eigenvalue weighted by Crippen LogP contribution is 2.44. The zero-order chi connectivity index (χ0) is 38.2. The highest BCUT2D eigenvalue weighted by atomic mass is 16.7. The second kappa shape index (κ2) is 17.0. The van der Waals surface area contributed by atoms with E-state index >= 15 is 0 Å². The number of carbonyl (C=O) groups excluding carboxylic acids is 5. The number of amides is 1. The van der Waals surface area contributed by atoms with Crippen molar-refractivity contribution in [3.63, 3.8) is 0 Å². The zero-order valence-corrected chi connectivity index (χ0v) is 29.3. The third kappa shape index (κ3) is 9.68. The van der Waals surface area contributed by atoms with E-state index in [4.69, 9.17) is 33.2 Å². The van der Waals surface area contributed by atoms with Gasteiger partial charge in [-0.1, -0.05) is 60.7 Å². The van der Waals surface area contributed by atoms with E-state index in [0.29, 0.717) is 5.56 Å². The maximum Gasteiger partial charge on any atom is 0.407 e. The molecule has 1 saturated heterocycles. The van der Waals surface area contributed by atoms with Crippen molar-refractivity contribution < 1.29 is 67.0 Å². The van der Waals surface area contributed by atoms with Gasteiger partial charge in [0.1, 0.15) is 31.1 Å². The summed E-state index contributed by atoms with van der Waals surface area (Å²) in [5, 5.41) is 12.3. The van der Waals surface area contributed by atoms with Gasteiger partial charge >= 0.3 is 35.9 Å². The molecule has 1 aliphatic carbocycles. The van der Waals surface area contributed by atoms with E-state index in [1.165, 1.54) is 12.1 Å². The van der Waals surface area contributed by atoms with Crippen molar-refractivity contribution in [1.82, 2.24) is 5.32 Å². The molecule has 53 heavy (non-hydrogen) atoms. The molecule has 2 aliphatic rings. The van der Waals surface area contributed by atoms with Gasteiger partial charge in [-0.3, -0.25) is 19.2 Å². The number of carboxylic acids is 1. The van der Waals surface area contributed by atoms with Gasteiger partial charge in [0.2, 0.25) is 12.4 Å². The molecule has 0 unspecified atom stereocenters. The summed E-state index contributed by atoms with van der Waals surface area (Å²) >= 11 is 0. The smallest absolute Gasteiger partial charge is 0.407 e. The largest absolute Gasteiger partial charge is 0.480 e. The van der Waals surface area contributed by atoms with Crippen LogP contribution in [0.25, 0.3) is 11.1 Å². The summed E-state index contributed by atoms with van der Waals surface area (Å²) in [6.07, 6.45) is -7.86. The Morgan fingerprint density at radius 3 is 1.77 bits per heavy atom. The highest BCUT2D eigenvalue weighted by Gasteiger charge is 2.53. The number of benzene rings is 3. The van der Waals surface area contributed by atoms with Crippen LogP contribution < -0.4 is 10.1 Å². The van der Waals surface area contributed by atoms with Gasteiger partial charge in [0, 0.05) is 40.0 Å². The van der Waals surface area contributed by atoms with Crippen molar-refractivity contribution in [3.05, 3.63) is 89.5 Å². The fraction of sp³-hybridized carbons (Fsp3) is 0.368. The number of hydrogen-bond acceptors (Lipinski definition) is 13. The number of rotatable bonds is 13. The van der Waals surface area contributed by atoms with Gasteiger partial charge in [-0.25, -0.2) is 9.59 Å². The molecule has 3 aromatic carbocycles. The number of ether oxygens (including phenoxy) is 7. The fourth-order valence-corrected chi connectivity index (χ4v) is 6.34. The monoisotopic (exact) mass is 733 g/mol. The molecule has 15 nitrogen and oxygen atoms in total. The van der Waals surface area contributed by atoms with Crippen LogP contribution in [-0.2, 0) is 58.8 Å². The third-order valence-electron chi connectivity index (χ3n) is 8.50. The average Bonchev–Trinajstić information content (AvgIpc) is 3.42. The van der Waals surface area contributed by atoms with E-state index in [9.17, 15) is 33.9 Å². The minimum Gasteiger partial charge on any atom is -0.480 e. The van der Waals surface area contributed by atoms with Gasteiger partial charge in [-0.05, 0) is 39.9 Å². The van der Waals surface area contributed by atoms with Gasteiger partial charge in [0.05, 0.1) is 0 Å². The molecule has 3 aromatic rings. The molecule has 2 N–H and O–H groups in total. The fourth-order valence-electron chi connectivity index (χ4n) is 6.34. The van der Waals surface area contributed by atoms with E-state index in [1.807, 2.05) is 48.5 Å². The first kappa shape index (κ1) is 38.3. The van der Waals surface area contributed by atoms with E-state index in [0.717, 1.165) is 49.9 Å². The second-order valence-corrected chi connectivity index (χ2v) is 12.4. The molecule has 5 rings (SSSR count). The molecule has 280 valence electrons. The van der Waals surface area contributed by atoms with Crippen molar-refractivity contribution in [3.8, 4) is 16.9 Å². The Labute approximate surface area is 304 Å². The number of esters is 4. The van der Waals surface area contributed by atoms with Crippen LogP contribution in [0.5, 0.6) is 5.75 Å². The van der Waals surface area contributed by atoms with Gasteiger partial charge in [0.15, 0.2) is 12.2 Å². The quantitative estimate of drug-likeness (QED) is 0.190. The molecule has 0 saturated carbocycles. The molecular weight excluding hydrogens is 694 g/mol. The van der Waals surface area contributed by atoms with Crippen LogP contribution in [-0.4, -0.2) is 91.0 Å². The number of carbonyl (C=O) groups is 6. The molecule has 0 bridgehead atoms. The van der Waals surface area contributed by atoms with Gasteiger partial charge in [-0.2, -0.15) is 0 Å². The van der Waals surface area contributed by atoms with Crippen LogP contribution in [0, 0.1) is 0 Å². The Balaban J connectivity index is 1.26. The Morgan fingerprint density at radius 2 is 1.23 bits per heavy atom. The van der Waals surface area contributed by atoms with Crippen LogP contribution >= 0.6 is 0 Å². The molecule has 15 heteroatoms. The summed E-state index contributed by atoms with van der Waals surface area (Å²) in [4.78, 5) is 72.8. The summed E-state index contributed by atoms with van der Waals surface area (Å²) < 4.78 is 38.8. The summed E-state index contributed by atoms with van der Waals surface area (Å²) in [6.45, 7) is 4.07. The van der Waals surface area contributed by atoms with E-state index in [-0.39, 0.29) is 24.7 Å². The van der Waals surface area contributed by atoms with Crippen molar-refractivity contribution >= 4 is 35.9 Å². The number of alkyl carbamates (subject to hydrolysis) is 1. The van der Waals surface area contributed by atoms with Crippen molar-refractivity contribution in [2.75, 3.05) is 13.2 Å². The van der Waals surface area contributed by atoms with E-state index in [2.05, 4.69) is 5.32 Å². The van der Waals surface area contributed by atoms with Crippen molar-refractivity contribution in [2.24, 2.45) is 0 Å². The standard InChI is InChI=1S/C38H39NO14/c1-20(40)47-19-32-33(49-21(2)41)34(50-22(3)42)35(51-23(4)43)37(53-32)52-25-15-13-24(14-16-25)17-31(36(44)45)39-38(46)48-18-30-28-11-7-5-9-26(28)27-10-6-8-12-29(27)30/h5-16,30-35,37H,17-19H2,1-4H3,(H,39,46)(H,44,45)/t31-,32-,33+,34+,35-,37+/m0/s1. The molecule has 1 heterocycles. The molecular formula is C38H39NO14. The number of hydrogen-bond donors (Lipinski definition) is 2. The minimum atomic E-state index is -1.46. The Kier molecular flexibility index (Phi) is 12.3.